The lowest BCUT2D eigenvalue weighted by molar-refractivity contribution is 0.0732. The van der Waals surface area contributed by atoms with Crippen LogP contribution in [0.25, 0.3) is 0 Å². The molecule has 1 aliphatic carbocycles. The fourth-order valence-corrected chi connectivity index (χ4v) is 5.24. The highest BCUT2D eigenvalue weighted by Gasteiger charge is 2.43. The molecule has 1 unspecified atom stereocenters. The Kier molecular flexibility index (Phi) is 4.33. The molecule has 5 rings (SSSR count). The monoisotopic (exact) mass is 348 g/mol. The number of hydrogen-bond donors (Lipinski definition) is 2. The van der Waals surface area contributed by atoms with Crippen LogP contribution in [0.2, 0.25) is 0 Å². The Morgan fingerprint density at radius 2 is 1.73 bits per heavy atom. The molecule has 2 heterocycles. The lowest BCUT2D eigenvalue weighted by atomic mass is 9.73. The molecule has 2 aromatic carbocycles. The molecular formula is C23H28N2O. The van der Waals surface area contributed by atoms with Crippen LogP contribution in [0.5, 0.6) is 0 Å². The maximum absolute atomic E-state index is 6.24. The Morgan fingerprint density at radius 1 is 0.885 bits per heavy atom. The first-order chi connectivity index (χ1) is 12.9. The standard InChI is InChI=1S/C23H28N2O/c1-3-7-16(8-4-1)22-19-13-14-26-23(19)20-15-18(11-12-21(20)25-22)24-17-9-5-2-6-10-17/h2,5-6,9-12,15-16,19,22-25H,1,3-4,7-8,13-14H2/t19-,22?,23-/m0/s1. The van der Waals surface area contributed by atoms with Crippen LogP contribution in [0.3, 0.4) is 0 Å². The van der Waals surface area contributed by atoms with Crippen molar-refractivity contribution in [1.82, 2.24) is 0 Å². The summed E-state index contributed by atoms with van der Waals surface area (Å²) in [7, 11) is 0. The average molecular weight is 348 g/mol. The topological polar surface area (TPSA) is 33.3 Å². The van der Waals surface area contributed by atoms with E-state index < -0.39 is 0 Å². The van der Waals surface area contributed by atoms with Crippen LogP contribution in [0, 0.1) is 11.8 Å². The summed E-state index contributed by atoms with van der Waals surface area (Å²) < 4.78 is 6.24. The Morgan fingerprint density at radius 3 is 2.58 bits per heavy atom. The van der Waals surface area contributed by atoms with E-state index in [1.807, 2.05) is 6.07 Å². The minimum atomic E-state index is 0.260. The Hall–Kier alpha value is -2.00. The summed E-state index contributed by atoms with van der Waals surface area (Å²) in [6.07, 6.45) is 8.42. The van der Waals surface area contributed by atoms with E-state index in [1.54, 1.807) is 0 Å². The van der Waals surface area contributed by atoms with Crippen LogP contribution in [0.4, 0.5) is 17.1 Å². The molecule has 3 aliphatic rings. The smallest absolute Gasteiger partial charge is 0.0894 e. The van der Waals surface area contributed by atoms with Gasteiger partial charge in [-0.1, -0.05) is 37.5 Å². The van der Waals surface area contributed by atoms with Crippen molar-refractivity contribution < 1.29 is 4.74 Å². The summed E-state index contributed by atoms with van der Waals surface area (Å²) in [6.45, 7) is 0.899. The van der Waals surface area contributed by atoms with Crippen molar-refractivity contribution in [1.29, 1.82) is 0 Å². The van der Waals surface area contributed by atoms with Gasteiger partial charge >= 0.3 is 0 Å². The SMILES string of the molecule is c1ccc(Nc2ccc3c(c2)[C@H]2OCC[C@H]2C(C2CCCCC2)N3)cc1. The number of anilines is 3. The Balaban J connectivity index is 1.42. The third-order valence-electron chi connectivity index (χ3n) is 6.50. The van der Waals surface area contributed by atoms with Gasteiger partial charge in [0.1, 0.15) is 0 Å². The lowest BCUT2D eigenvalue weighted by Gasteiger charge is -2.42. The van der Waals surface area contributed by atoms with Crippen molar-refractivity contribution in [3.05, 3.63) is 54.1 Å². The Labute approximate surface area is 156 Å². The van der Waals surface area contributed by atoms with Crippen LogP contribution in [0.1, 0.15) is 50.2 Å². The van der Waals surface area contributed by atoms with Crippen LogP contribution < -0.4 is 10.6 Å². The van der Waals surface area contributed by atoms with Gasteiger partial charge in [0.25, 0.3) is 0 Å². The fourth-order valence-electron chi connectivity index (χ4n) is 5.24. The van der Waals surface area contributed by atoms with E-state index in [-0.39, 0.29) is 6.10 Å². The number of benzene rings is 2. The van der Waals surface area contributed by atoms with Gasteiger partial charge < -0.3 is 15.4 Å². The number of fused-ring (bicyclic) bond motifs is 3. The third kappa shape index (κ3) is 2.99. The number of rotatable bonds is 3. The van der Waals surface area contributed by atoms with Crippen molar-refractivity contribution in [3.63, 3.8) is 0 Å². The maximum atomic E-state index is 6.24. The molecule has 1 saturated carbocycles. The van der Waals surface area contributed by atoms with Gasteiger partial charge in [0.2, 0.25) is 0 Å². The van der Waals surface area contributed by atoms with Crippen LogP contribution >= 0.6 is 0 Å². The molecule has 2 aromatic rings. The molecule has 0 spiro atoms. The number of para-hydroxylation sites is 1. The summed E-state index contributed by atoms with van der Waals surface area (Å²) in [5.74, 6) is 1.44. The van der Waals surface area contributed by atoms with E-state index in [0.29, 0.717) is 12.0 Å². The number of hydrogen-bond acceptors (Lipinski definition) is 3. The van der Waals surface area contributed by atoms with Crippen molar-refractivity contribution in [2.45, 2.75) is 50.7 Å². The van der Waals surface area contributed by atoms with Gasteiger partial charge in [-0.2, -0.15) is 0 Å². The van der Waals surface area contributed by atoms with Crippen molar-refractivity contribution in [2.75, 3.05) is 17.2 Å². The molecule has 2 aliphatic heterocycles. The largest absolute Gasteiger partial charge is 0.381 e. The van der Waals surface area contributed by atoms with Crippen molar-refractivity contribution in [3.8, 4) is 0 Å². The second kappa shape index (κ2) is 6.96. The first kappa shape index (κ1) is 16.2. The summed E-state index contributed by atoms with van der Waals surface area (Å²) >= 11 is 0. The zero-order chi connectivity index (χ0) is 17.3. The molecule has 136 valence electrons. The molecule has 3 nitrogen and oxygen atoms in total. The van der Waals surface area contributed by atoms with Crippen molar-refractivity contribution in [2.24, 2.45) is 11.8 Å². The number of ether oxygens (including phenoxy) is 1. The predicted molar refractivity (Wildman–Crippen MR) is 107 cm³/mol. The summed E-state index contributed by atoms with van der Waals surface area (Å²) in [4.78, 5) is 0. The van der Waals surface area contributed by atoms with E-state index in [4.69, 9.17) is 4.74 Å². The molecule has 0 aromatic heterocycles. The molecule has 2 N–H and O–H groups in total. The van der Waals surface area contributed by atoms with Gasteiger partial charge in [-0.25, -0.2) is 0 Å². The molecule has 0 bridgehead atoms. The summed E-state index contributed by atoms with van der Waals surface area (Å²) in [5, 5.41) is 7.45. The van der Waals surface area contributed by atoms with Crippen LogP contribution in [-0.4, -0.2) is 12.6 Å². The second-order valence-corrected chi connectivity index (χ2v) is 8.11. The van der Waals surface area contributed by atoms with E-state index in [9.17, 15) is 0 Å². The highest BCUT2D eigenvalue weighted by molar-refractivity contribution is 5.67. The highest BCUT2D eigenvalue weighted by Crippen LogP contribution is 2.49. The van der Waals surface area contributed by atoms with Gasteiger partial charge in [-0.15, -0.1) is 0 Å². The minimum absolute atomic E-state index is 0.260. The first-order valence-electron chi connectivity index (χ1n) is 10.2. The Bertz CT molecular complexity index is 754. The molecule has 26 heavy (non-hydrogen) atoms. The van der Waals surface area contributed by atoms with E-state index in [0.717, 1.165) is 23.9 Å². The molecule has 0 radical (unpaired) electrons. The third-order valence-corrected chi connectivity index (χ3v) is 6.50. The quantitative estimate of drug-likeness (QED) is 0.726. The van der Waals surface area contributed by atoms with Crippen molar-refractivity contribution >= 4 is 17.1 Å². The molecular weight excluding hydrogens is 320 g/mol. The molecule has 2 fully saturated rings. The predicted octanol–water partition coefficient (Wildman–Crippen LogP) is 5.88. The van der Waals surface area contributed by atoms with Crippen LogP contribution in [-0.2, 0) is 4.74 Å². The van der Waals surface area contributed by atoms with Gasteiger partial charge in [-0.3, -0.25) is 0 Å². The maximum Gasteiger partial charge on any atom is 0.0894 e. The average Bonchev–Trinajstić information content (AvgIpc) is 3.19. The molecule has 3 heteroatoms. The molecule has 1 saturated heterocycles. The molecule has 3 atom stereocenters. The first-order valence-corrected chi connectivity index (χ1v) is 10.2. The van der Waals surface area contributed by atoms with Gasteiger partial charge in [0.15, 0.2) is 0 Å². The van der Waals surface area contributed by atoms with Gasteiger partial charge in [0, 0.05) is 41.2 Å². The zero-order valence-electron chi connectivity index (χ0n) is 15.3. The van der Waals surface area contributed by atoms with E-state index in [1.165, 1.54) is 49.8 Å². The van der Waals surface area contributed by atoms with Crippen LogP contribution in [0.15, 0.2) is 48.5 Å². The second-order valence-electron chi connectivity index (χ2n) is 8.11. The summed E-state index contributed by atoms with van der Waals surface area (Å²) in [6, 6.07) is 17.7. The fraction of sp³-hybridized carbons (Fsp3) is 0.478. The van der Waals surface area contributed by atoms with E-state index >= 15 is 0 Å². The summed E-state index contributed by atoms with van der Waals surface area (Å²) in [5.41, 5.74) is 4.88. The normalized spacial score (nSPS) is 28.1. The highest BCUT2D eigenvalue weighted by atomic mass is 16.5. The lowest BCUT2D eigenvalue weighted by Crippen LogP contribution is -2.42. The molecule has 0 amide bonds. The van der Waals surface area contributed by atoms with E-state index in [2.05, 4.69) is 53.1 Å². The van der Waals surface area contributed by atoms with Gasteiger partial charge in [-0.05, 0) is 55.5 Å². The zero-order valence-corrected chi connectivity index (χ0v) is 15.3. The minimum Gasteiger partial charge on any atom is -0.381 e. The number of nitrogens with one attached hydrogen (secondary N) is 2. The van der Waals surface area contributed by atoms with Gasteiger partial charge in [0.05, 0.1) is 6.10 Å².